The summed E-state index contributed by atoms with van der Waals surface area (Å²) >= 11 is 0. The number of allylic oxidation sites excluding steroid dienone is 4. The van der Waals surface area contributed by atoms with E-state index in [4.69, 9.17) is 28.4 Å². The van der Waals surface area contributed by atoms with Crippen LogP contribution in [0.25, 0.3) is 53.2 Å². The molecule has 5 aromatic carbocycles. The Morgan fingerprint density at radius 1 is 0.545 bits per heavy atom. The van der Waals surface area contributed by atoms with Crippen molar-refractivity contribution in [2.24, 2.45) is 29.6 Å². The fourth-order valence-corrected chi connectivity index (χ4v) is 15.8. The summed E-state index contributed by atoms with van der Waals surface area (Å²) in [7, 11) is 7.68. The summed E-state index contributed by atoms with van der Waals surface area (Å²) < 4.78 is 101. The normalized spacial score (nSPS) is 17.1. The second kappa shape index (κ2) is 55.9. The standard InChI is InChI=1S/C24H27FN2O2.C21H28F2N2O3.C20H19NO2.C19H20FNO2.C16H19FN2O2.C15H20N2O2/c1-17(19-7-5-4-6-8-19)22(28)27-21-15-20(23(29-3)26-16-21)10-9-18-11-13-24(2,25)14-12-18;1-4-20(27)25(11-12-26)19-13-16(18(28-3)14-24-19)8-5-15-6-9-17(10-7-15)21(2,22)23;1-3-19(22)21-18-12-16(20-17(13-18)10-11-23-20)9-8-15-6-4-14(2)5-7-15;1-5-19(22)21-17-10-15(18(23-4)11-16(17)20)14-8-6-13(7-9-14)12(2)3;1-4-14(20)19-13-7-12(15(21-3)18-10-13)6-5-11-8-16(2,17)9-11;1-5-14(18)17-13-9-12(8-6-7-11(2)3)15(19-4)16-10-13/h4-10,15-16,18H,1,11-14H2,2-3H3,(H,27,28);4-5,8,13-15,17,26H,1,6-7,9-12H2,2-3H3;3-9,12-13H,1,10-11H2,2H3,(H,21,22);5-12H,1H2,2-4H3,(H,21,22);4-7,10-11H,1,8-9H2,2-3H3,(H,19,20);5-6,8-11H,1,7H2,2-4H3,(H,17,18)/b10-9+;8-5+;9-8+;;6-5+;8-6+. The largest absolute Gasteiger partial charge is 0.496 e. The molecule has 3 saturated carbocycles. The summed E-state index contributed by atoms with van der Waals surface area (Å²) in [6.07, 6.45) is 40.1. The number of benzene rings is 5. The van der Waals surface area contributed by atoms with E-state index in [-0.39, 0.29) is 60.2 Å². The fraction of sp³-hybridized carbons (Fsp3) is 0.322. The highest BCUT2D eigenvalue weighted by Crippen LogP contribution is 2.44. The van der Waals surface area contributed by atoms with Gasteiger partial charge in [0, 0.05) is 68.6 Å². The van der Waals surface area contributed by atoms with Crippen molar-refractivity contribution >= 4 is 112 Å². The number of aliphatic hydroxyl groups is 1. The van der Waals surface area contributed by atoms with Crippen molar-refractivity contribution in [2.75, 3.05) is 86.8 Å². The lowest BCUT2D eigenvalue weighted by Gasteiger charge is -2.36. The number of pyridine rings is 4. The number of aliphatic hydroxyl groups excluding tert-OH is 1. The Labute approximate surface area is 837 Å². The van der Waals surface area contributed by atoms with E-state index in [2.05, 4.69) is 163 Å². The average Bonchev–Trinajstić information content (AvgIpc) is 1.72. The number of fused-ring (bicyclic) bond motifs is 1. The number of ether oxygens (including phenoxy) is 6. The highest BCUT2D eigenvalue weighted by Gasteiger charge is 2.39. The Hall–Kier alpha value is -14.9. The molecule has 4 aromatic heterocycles. The molecule has 5 heterocycles. The van der Waals surface area contributed by atoms with Gasteiger partial charge in [0.15, 0.2) is 0 Å². The highest BCUT2D eigenvalue weighted by molar-refractivity contribution is 6.24. The van der Waals surface area contributed by atoms with Crippen molar-refractivity contribution < 1.29 is 84.2 Å². The number of aryl methyl sites for hydroxylation is 1. The first-order valence-corrected chi connectivity index (χ1v) is 47.3. The molecule has 9 aromatic rings. The molecule has 4 aliphatic rings. The molecule has 3 aliphatic carbocycles. The molecule has 23 nitrogen and oxygen atoms in total. The van der Waals surface area contributed by atoms with Crippen molar-refractivity contribution in [1.82, 2.24) is 19.9 Å². The number of methoxy groups -OCH3 is 5. The van der Waals surface area contributed by atoms with E-state index >= 15 is 0 Å². The molecule has 28 heteroatoms. The molecule has 0 radical (unpaired) electrons. The van der Waals surface area contributed by atoms with Gasteiger partial charge in [0.1, 0.15) is 40.2 Å². The topological polar surface area (TPSA) is 293 Å². The van der Waals surface area contributed by atoms with E-state index in [0.29, 0.717) is 126 Å². The minimum absolute atomic E-state index is 0.0960. The number of anilines is 6. The predicted molar refractivity (Wildman–Crippen MR) is 566 cm³/mol. The van der Waals surface area contributed by atoms with Gasteiger partial charge in [-0.15, -0.1) is 0 Å². The number of halogens is 5. The minimum atomic E-state index is -2.62. The Morgan fingerprint density at radius 2 is 1.05 bits per heavy atom. The molecule has 0 unspecified atom stereocenters. The first kappa shape index (κ1) is 113. The quantitative estimate of drug-likeness (QED) is 0.0124. The van der Waals surface area contributed by atoms with Gasteiger partial charge in [-0.3, -0.25) is 33.7 Å². The number of hydrogen-bond donors (Lipinski definition) is 6. The summed E-state index contributed by atoms with van der Waals surface area (Å²) in [6, 6.07) is 39.5. The second-order valence-corrected chi connectivity index (χ2v) is 36.0. The Kier molecular flexibility index (Phi) is 44.3. The third-order valence-electron chi connectivity index (χ3n) is 23.8. The van der Waals surface area contributed by atoms with Crippen LogP contribution in [0.4, 0.5) is 56.2 Å². The SMILES string of the molecule is C=C(C(=O)Nc1cnc(OC)c(/C=C/C2CCC(C)(F)CC2)c1)c1ccccc1.C=CC(=O)N(CCO)c1cc(/C=C/C2CCC(C(C)(F)F)CC2)c(OC)cn1.C=CC(=O)Nc1cc(-c2ccc(C(C)C)cc2)c(OC)cc1F.C=CC(=O)Nc1cc(/C=C/c2ccc(C)cc2)c2c(c1)CCO2.C=CC(=O)Nc1cnc(OC)c(/C=C/C2CC(C)(F)C2)c1.C=CC(=O)Nc1cnc(OC)c(/C=C/CC(C)C)c1. The van der Waals surface area contributed by atoms with Crippen molar-refractivity contribution in [3.63, 3.8) is 0 Å². The van der Waals surface area contributed by atoms with Crippen LogP contribution in [-0.2, 0) is 35.2 Å². The fourth-order valence-electron chi connectivity index (χ4n) is 15.8. The van der Waals surface area contributed by atoms with Crippen LogP contribution < -0.4 is 59.9 Å². The molecule has 13 rings (SSSR count). The van der Waals surface area contributed by atoms with E-state index in [0.717, 1.165) is 113 Å². The number of carbonyl (C=O) groups excluding carboxylic acids is 6. The van der Waals surface area contributed by atoms with Crippen LogP contribution in [0.3, 0.4) is 0 Å². The van der Waals surface area contributed by atoms with Crippen LogP contribution >= 0.6 is 0 Å². The lowest BCUT2D eigenvalue weighted by molar-refractivity contribution is -0.114. The third-order valence-corrected chi connectivity index (χ3v) is 23.8. The van der Waals surface area contributed by atoms with Gasteiger partial charge in [-0.25, -0.2) is 41.9 Å². The van der Waals surface area contributed by atoms with Gasteiger partial charge in [0.25, 0.3) is 11.8 Å². The number of hydrogen-bond acceptors (Lipinski definition) is 17. The summed E-state index contributed by atoms with van der Waals surface area (Å²) in [5.41, 5.74) is 12.0. The van der Waals surface area contributed by atoms with Gasteiger partial charge in [-0.05, 0) is 223 Å². The maximum Gasteiger partial charge on any atom is 0.255 e. The number of amides is 6. The zero-order valence-electron chi connectivity index (χ0n) is 83.9. The van der Waals surface area contributed by atoms with Gasteiger partial charge >= 0.3 is 0 Å². The van der Waals surface area contributed by atoms with Gasteiger partial charge in [0.05, 0.1) is 103 Å². The van der Waals surface area contributed by atoms with Crippen LogP contribution in [0.15, 0.2) is 246 Å². The first-order chi connectivity index (χ1) is 68.3. The van der Waals surface area contributed by atoms with Gasteiger partial charge in [0.2, 0.25) is 47.2 Å². The molecular weight excluding hydrogens is 1820 g/mol. The summed E-state index contributed by atoms with van der Waals surface area (Å²) in [6.45, 7) is 36.5. The molecule has 0 atom stereocenters. The van der Waals surface area contributed by atoms with Crippen molar-refractivity contribution in [3.05, 3.63) is 308 Å². The molecule has 1 aliphatic heterocycles. The van der Waals surface area contributed by atoms with Crippen LogP contribution in [0.5, 0.6) is 34.9 Å². The first-order valence-electron chi connectivity index (χ1n) is 47.3. The lowest BCUT2D eigenvalue weighted by Crippen LogP contribution is -2.35. The van der Waals surface area contributed by atoms with E-state index in [1.165, 1.54) is 80.1 Å². The Bertz CT molecular complexity index is 6020. The predicted octanol–water partition coefficient (Wildman–Crippen LogP) is 25.4. The second-order valence-electron chi connectivity index (χ2n) is 36.0. The molecule has 0 bridgehead atoms. The van der Waals surface area contributed by atoms with Crippen LogP contribution in [0.2, 0.25) is 0 Å². The summed E-state index contributed by atoms with van der Waals surface area (Å²) in [4.78, 5) is 88.2. The monoisotopic (exact) mass is 1960 g/mol. The van der Waals surface area contributed by atoms with E-state index in [1.54, 1.807) is 58.7 Å². The average molecular weight is 1960 g/mol. The molecule has 0 spiro atoms. The molecule has 756 valence electrons. The summed E-state index contributed by atoms with van der Waals surface area (Å²) in [5, 5.41) is 22.7. The maximum atomic E-state index is 14.1. The zero-order chi connectivity index (χ0) is 105. The molecule has 6 N–H and O–H groups in total. The third kappa shape index (κ3) is 36.3. The van der Waals surface area contributed by atoms with Crippen LogP contribution in [0.1, 0.15) is 181 Å². The van der Waals surface area contributed by atoms with Gasteiger partial charge < -0.3 is 60.1 Å². The van der Waals surface area contributed by atoms with Crippen LogP contribution in [-0.4, -0.2) is 133 Å². The molecular formula is C115H133F5N10O13. The number of aromatic nitrogens is 4. The Balaban J connectivity index is 0.000000211. The molecule has 0 saturated heterocycles. The lowest BCUT2D eigenvalue weighted by atomic mass is 9.73. The van der Waals surface area contributed by atoms with E-state index < -0.39 is 34.9 Å². The van der Waals surface area contributed by atoms with Crippen molar-refractivity contribution in [1.29, 1.82) is 0 Å². The highest BCUT2D eigenvalue weighted by atomic mass is 19.3. The van der Waals surface area contributed by atoms with E-state index in [1.807, 2.05) is 121 Å². The van der Waals surface area contributed by atoms with Crippen molar-refractivity contribution in [2.45, 2.75) is 156 Å². The van der Waals surface area contributed by atoms with Crippen LogP contribution in [0, 0.1) is 42.3 Å². The number of nitrogens with zero attached hydrogens (tertiary/aromatic N) is 5. The molecule has 3 fully saturated rings. The molecule has 143 heavy (non-hydrogen) atoms. The number of alkyl halides is 4. The van der Waals surface area contributed by atoms with Gasteiger partial charge in [-0.1, -0.05) is 212 Å². The summed E-state index contributed by atoms with van der Waals surface area (Å²) in [5.74, 6) is -0.0527. The number of rotatable bonds is 34. The van der Waals surface area contributed by atoms with E-state index in [9.17, 15) is 55.8 Å². The zero-order valence-corrected chi connectivity index (χ0v) is 83.9. The van der Waals surface area contributed by atoms with Gasteiger partial charge in [-0.2, -0.15) is 0 Å². The minimum Gasteiger partial charge on any atom is -0.496 e. The molecule has 6 amide bonds. The number of carbonyl (C=O) groups is 6. The maximum absolute atomic E-state index is 14.1. The van der Waals surface area contributed by atoms with Crippen molar-refractivity contribution in [3.8, 4) is 46.0 Å². The number of nitrogens with one attached hydrogen (secondary N) is 5. The Morgan fingerprint density at radius 3 is 1.55 bits per heavy atom. The smallest absolute Gasteiger partial charge is 0.255 e.